The average molecular weight is 403 g/mol. The number of carbonyl (C=O) groups is 1. The van der Waals surface area contributed by atoms with Crippen molar-refractivity contribution in [2.75, 3.05) is 5.75 Å². The number of rotatable bonds is 7. The van der Waals surface area contributed by atoms with E-state index in [9.17, 15) is 14.9 Å². The molecular formula is C19H22N4O2S2. The lowest BCUT2D eigenvalue weighted by Crippen LogP contribution is -2.47. The van der Waals surface area contributed by atoms with Gasteiger partial charge in [0.2, 0.25) is 5.91 Å². The van der Waals surface area contributed by atoms with Gasteiger partial charge in [0, 0.05) is 11.4 Å². The molecule has 0 radical (unpaired) electrons. The Morgan fingerprint density at radius 2 is 2.26 bits per heavy atom. The number of hydrogen-bond acceptors (Lipinski definition) is 6. The summed E-state index contributed by atoms with van der Waals surface area (Å²) in [5, 5.41) is 13.4. The molecule has 8 heteroatoms. The minimum Gasteiger partial charge on any atom is -0.337 e. The number of hydrogen-bond donors (Lipinski definition) is 1. The van der Waals surface area contributed by atoms with Crippen molar-refractivity contribution in [3.8, 4) is 6.07 Å². The summed E-state index contributed by atoms with van der Waals surface area (Å²) in [4.78, 5) is 31.7. The highest BCUT2D eigenvalue weighted by atomic mass is 32.2. The lowest BCUT2D eigenvalue weighted by molar-refractivity contribution is -0.119. The Morgan fingerprint density at radius 3 is 2.85 bits per heavy atom. The van der Waals surface area contributed by atoms with Crippen molar-refractivity contribution in [3.63, 3.8) is 0 Å². The first-order valence-electron chi connectivity index (χ1n) is 8.77. The second kappa shape index (κ2) is 7.49. The molecular weight excluding hydrogens is 380 g/mol. The lowest BCUT2D eigenvalue weighted by atomic mass is 9.98. The molecule has 1 aliphatic rings. The van der Waals surface area contributed by atoms with E-state index >= 15 is 0 Å². The van der Waals surface area contributed by atoms with Crippen molar-refractivity contribution in [3.05, 3.63) is 33.4 Å². The van der Waals surface area contributed by atoms with E-state index in [0.29, 0.717) is 21.9 Å². The Morgan fingerprint density at radius 1 is 1.56 bits per heavy atom. The third kappa shape index (κ3) is 3.80. The van der Waals surface area contributed by atoms with Crippen LogP contribution >= 0.6 is 23.1 Å². The van der Waals surface area contributed by atoms with Crippen LogP contribution in [0.5, 0.6) is 0 Å². The van der Waals surface area contributed by atoms with Crippen molar-refractivity contribution >= 4 is 39.2 Å². The van der Waals surface area contributed by atoms with Gasteiger partial charge in [-0.25, -0.2) is 4.98 Å². The van der Waals surface area contributed by atoms with Gasteiger partial charge in [0.1, 0.15) is 10.4 Å². The summed E-state index contributed by atoms with van der Waals surface area (Å²) in [6.45, 7) is 9.71. The second-order valence-electron chi connectivity index (χ2n) is 6.99. The van der Waals surface area contributed by atoms with Crippen LogP contribution in [0.15, 0.2) is 22.6 Å². The summed E-state index contributed by atoms with van der Waals surface area (Å²) in [6.07, 6.45) is 3.57. The molecule has 1 atom stereocenters. The zero-order valence-electron chi connectivity index (χ0n) is 15.7. The van der Waals surface area contributed by atoms with Gasteiger partial charge in [-0.2, -0.15) is 5.26 Å². The number of aryl methyl sites for hydroxylation is 2. The first kappa shape index (κ1) is 19.6. The van der Waals surface area contributed by atoms with Crippen LogP contribution in [0.3, 0.4) is 0 Å². The first-order chi connectivity index (χ1) is 12.8. The van der Waals surface area contributed by atoms with Gasteiger partial charge in [-0.3, -0.25) is 14.2 Å². The van der Waals surface area contributed by atoms with E-state index in [2.05, 4.69) is 22.9 Å². The minimum absolute atomic E-state index is 0.0996. The summed E-state index contributed by atoms with van der Waals surface area (Å²) in [5.41, 5.74) is 0.0240. The van der Waals surface area contributed by atoms with Crippen LogP contribution in [0.4, 0.5) is 0 Å². The van der Waals surface area contributed by atoms with Gasteiger partial charge >= 0.3 is 0 Å². The number of amides is 1. The fourth-order valence-electron chi connectivity index (χ4n) is 3.05. The SMILES string of the molecule is C=CCn1c(SCC(=O)N[C@](C)(C#N)C2CC2)nc2sc(C)c(C)c2c1=O. The Balaban J connectivity index is 1.84. The summed E-state index contributed by atoms with van der Waals surface area (Å²) in [6, 6.07) is 2.22. The zero-order valence-corrected chi connectivity index (χ0v) is 17.3. The van der Waals surface area contributed by atoms with Crippen LogP contribution in [0, 0.1) is 31.1 Å². The summed E-state index contributed by atoms with van der Waals surface area (Å²) < 4.78 is 1.55. The molecule has 0 bridgehead atoms. The van der Waals surface area contributed by atoms with E-state index in [0.717, 1.165) is 23.3 Å². The molecule has 0 saturated heterocycles. The maximum Gasteiger partial charge on any atom is 0.263 e. The van der Waals surface area contributed by atoms with E-state index in [-0.39, 0.29) is 23.1 Å². The molecule has 2 aromatic heterocycles. The number of nitrogens with zero attached hydrogens (tertiary/aromatic N) is 3. The monoisotopic (exact) mass is 402 g/mol. The predicted octanol–water partition coefficient (Wildman–Crippen LogP) is 3.16. The Bertz CT molecular complexity index is 1010. The van der Waals surface area contributed by atoms with E-state index < -0.39 is 5.54 Å². The standard InChI is InChI=1S/C19H22N4O2S2/c1-5-8-23-17(25)15-11(2)12(3)27-16(15)21-18(23)26-9-14(24)22-19(4,10-20)13-6-7-13/h5,13H,1,6-9H2,2-4H3,(H,22,24)/t19-/m1/s1. The van der Waals surface area contributed by atoms with Gasteiger partial charge in [-0.05, 0) is 45.1 Å². The molecule has 2 aromatic rings. The van der Waals surface area contributed by atoms with Gasteiger partial charge in [0.25, 0.3) is 5.56 Å². The number of thiophene rings is 1. The highest BCUT2D eigenvalue weighted by Crippen LogP contribution is 2.39. The summed E-state index contributed by atoms with van der Waals surface area (Å²) in [7, 11) is 0. The minimum atomic E-state index is -0.822. The molecule has 1 N–H and O–H groups in total. The lowest BCUT2D eigenvalue weighted by Gasteiger charge is -2.22. The fourth-order valence-corrected chi connectivity index (χ4v) is 4.93. The third-order valence-electron chi connectivity index (χ3n) is 4.92. The van der Waals surface area contributed by atoms with Crippen molar-refractivity contribution < 1.29 is 4.79 Å². The van der Waals surface area contributed by atoms with Crippen molar-refractivity contribution in [1.82, 2.24) is 14.9 Å². The topological polar surface area (TPSA) is 87.8 Å². The number of fused-ring (bicyclic) bond motifs is 1. The van der Waals surface area contributed by atoms with Gasteiger partial charge in [-0.15, -0.1) is 17.9 Å². The largest absolute Gasteiger partial charge is 0.337 e. The summed E-state index contributed by atoms with van der Waals surface area (Å²) >= 11 is 2.70. The van der Waals surface area contributed by atoms with Crippen LogP contribution in [-0.4, -0.2) is 26.8 Å². The fraction of sp³-hybridized carbons (Fsp3) is 0.474. The van der Waals surface area contributed by atoms with E-state index in [1.807, 2.05) is 13.8 Å². The van der Waals surface area contributed by atoms with Gasteiger partial charge < -0.3 is 5.32 Å². The normalized spacial score (nSPS) is 15.9. The number of nitrogens with one attached hydrogen (secondary N) is 1. The van der Waals surface area contributed by atoms with Crippen LogP contribution in [-0.2, 0) is 11.3 Å². The number of carbonyl (C=O) groups excluding carboxylic acids is 1. The molecule has 3 rings (SSSR count). The molecule has 2 heterocycles. The second-order valence-corrected chi connectivity index (χ2v) is 9.13. The van der Waals surface area contributed by atoms with Gasteiger partial charge in [0.05, 0.1) is 17.2 Å². The molecule has 1 amide bonds. The Hall–Kier alpha value is -2.11. The molecule has 0 spiro atoms. The van der Waals surface area contributed by atoms with E-state index in [1.54, 1.807) is 17.6 Å². The molecule has 1 aliphatic carbocycles. The van der Waals surface area contributed by atoms with Crippen LogP contribution < -0.4 is 10.9 Å². The molecule has 0 aromatic carbocycles. The average Bonchev–Trinajstić information content (AvgIpc) is 3.44. The van der Waals surface area contributed by atoms with E-state index in [4.69, 9.17) is 0 Å². The van der Waals surface area contributed by atoms with Gasteiger partial charge in [-0.1, -0.05) is 17.8 Å². The molecule has 27 heavy (non-hydrogen) atoms. The molecule has 0 unspecified atom stereocenters. The van der Waals surface area contributed by atoms with E-state index in [1.165, 1.54) is 23.1 Å². The molecule has 6 nitrogen and oxygen atoms in total. The number of allylic oxidation sites excluding steroid dienone is 1. The predicted molar refractivity (Wildman–Crippen MR) is 109 cm³/mol. The molecule has 0 aliphatic heterocycles. The maximum absolute atomic E-state index is 12.9. The first-order valence-corrected chi connectivity index (χ1v) is 10.6. The highest BCUT2D eigenvalue weighted by molar-refractivity contribution is 7.99. The van der Waals surface area contributed by atoms with Crippen molar-refractivity contribution in [1.29, 1.82) is 5.26 Å². The van der Waals surface area contributed by atoms with Crippen LogP contribution in [0.1, 0.15) is 30.2 Å². The third-order valence-corrected chi connectivity index (χ3v) is 7.00. The zero-order chi connectivity index (χ0) is 19.8. The molecule has 142 valence electrons. The maximum atomic E-state index is 12.9. The summed E-state index contributed by atoms with van der Waals surface area (Å²) in [5.74, 6) is 0.0959. The Labute approximate surface area is 166 Å². The van der Waals surface area contributed by atoms with Crippen LogP contribution in [0.2, 0.25) is 0 Å². The highest BCUT2D eigenvalue weighted by Gasteiger charge is 2.42. The van der Waals surface area contributed by atoms with Crippen molar-refractivity contribution in [2.24, 2.45) is 5.92 Å². The van der Waals surface area contributed by atoms with Crippen LogP contribution in [0.25, 0.3) is 10.2 Å². The van der Waals surface area contributed by atoms with Gasteiger partial charge in [0.15, 0.2) is 5.16 Å². The quantitative estimate of drug-likeness (QED) is 0.437. The number of nitriles is 1. The molecule has 1 saturated carbocycles. The molecule has 1 fully saturated rings. The smallest absolute Gasteiger partial charge is 0.263 e. The number of thioether (sulfide) groups is 1. The van der Waals surface area contributed by atoms with Crippen molar-refractivity contribution in [2.45, 2.75) is 50.9 Å². The Kier molecular flexibility index (Phi) is 5.45. The number of aromatic nitrogens is 2.